The first kappa shape index (κ1) is 42.7. The fourth-order valence-corrected chi connectivity index (χ4v) is 6.96. The number of hydrogen-bond donors (Lipinski definition) is 0. The number of benzene rings is 2. The highest BCUT2D eigenvalue weighted by molar-refractivity contribution is 5.67. The maximum atomic E-state index is 6.02. The first-order valence-electron chi connectivity index (χ1n) is 21.7. The van der Waals surface area contributed by atoms with Gasteiger partial charge in [0.15, 0.2) is 5.76 Å². The largest absolute Gasteiger partial charge is 0.494 e. The van der Waals surface area contributed by atoms with Crippen LogP contribution in [0.15, 0.2) is 59.1 Å². The van der Waals surface area contributed by atoms with Crippen LogP contribution in [0.5, 0.6) is 11.5 Å². The second-order valence-corrected chi connectivity index (χ2v) is 15.0. The molecule has 0 N–H and O–H groups in total. The molecule has 2 aromatic carbocycles. The topological polar surface area (TPSA) is 44.5 Å². The van der Waals surface area contributed by atoms with Gasteiger partial charge in [0.2, 0.25) is 0 Å². The Kier molecular flexibility index (Phi) is 24.9. The van der Waals surface area contributed by atoms with Crippen molar-refractivity contribution in [3.05, 3.63) is 54.6 Å². The van der Waals surface area contributed by atoms with Crippen molar-refractivity contribution < 1.29 is 14.0 Å². The van der Waals surface area contributed by atoms with Gasteiger partial charge in [-0.3, -0.25) is 0 Å². The van der Waals surface area contributed by atoms with Gasteiger partial charge < -0.3 is 14.0 Å². The monoisotopic (exact) mass is 702 g/mol. The van der Waals surface area contributed by atoms with Gasteiger partial charge in [-0.2, -0.15) is 0 Å². The van der Waals surface area contributed by atoms with Crippen LogP contribution in [0, 0.1) is 0 Å². The van der Waals surface area contributed by atoms with E-state index in [-0.39, 0.29) is 0 Å². The molecule has 286 valence electrons. The zero-order chi connectivity index (χ0) is 35.9. The van der Waals surface area contributed by atoms with Crippen molar-refractivity contribution in [2.75, 3.05) is 13.2 Å². The minimum atomic E-state index is 0.765. The van der Waals surface area contributed by atoms with Crippen molar-refractivity contribution in [1.82, 2.24) is 5.16 Å². The van der Waals surface area contributed by atoms with Gasteiger partial charge in [0.25, 0.3) is 0 Å². The molecule has 0 saturated heterocycles. The summed E-state index contributed by atoms with van der Waals surface area (Å²) in [5.41, 5.74) is 2.87. The van der Waals surface area contributed by atoms with E-state index in [1.165, 1.54) is 167 Å². The van der Waals surface area contributed by atoms with Crippen LogP contribution >= 0.6 is 0 Å². The number of aromatic nitrogens is 1. The SMILES string of the molecule is CCCCCCCCCCCCCCCCOc1ccc(-c2cc(-c3ccc(OCCCCCCCCCCCCCCCC)cc3)on2)cc1. The van der Waals surface area contributed by atoms with Gasteiger partial charge in [0, 0.05) is 17.2 Å². The average molecular weight is 702 g/mol. The van der Waals surface area contributed by atoms with Crippen molar-refractivity contribution in [2.24, 2.45) is 0 Å². The molecule has 0 spiro atoms. The first-order chi connectivity index (χ1) is 25.3. The normalized spacial score (nSPS) is 11.3. The van der Waals surface area contributed by atoms with Crippen molar-refractivity contribution in [3.8, 4) is 34.1 Å². The molecule has 0 aliphatic carbocycles. The average Bonchev–Trinajstić information content (AvgIpc) is 3.66. The molecule has 3 aromatic rings. The van der Waals surface area contributed by atoms with Gasteiger partial charge in [-0.25, -0.2) is 0 Å². The summed E-state index contributed by atoms with van der Waals surface area (Å²) in [6, 6.07) is 18.4. The van der Waals surface area contributed by atoms with E-state index < -0.39 is 0 Å². The van der Waals surface area contributed by atoms with Gasteiger partial charge in [-0.1, -0.05) is 186 Å². The Hall–Kier alpha value is -2.75. The lowest BCUT2D eigenvalue weighted by Crippen LogP contribution is -1.97. The molecule has 0 radical (unpaired) electrons. The summed E-state index contributed by atoms with van der Waals surface area (Å²) in [5, 5.41) is 4.33. The van der Waals surface area contributed by atoms with Crippen LogP contribution in [-0.2, 0) is 0 Å². The highest BCUT2D eigenvalue weighted by atomic mass is 16.5. The molecule has 3 rings (SSSR count). The van der Waals surface area contributed by atoms with Crippen LogP contribution in [0.4, 0.5) is 0 Å². The summed E-state index contributed by atoms with van der Waals surface area (Å²) in [5.74, 6) is 2.60. The zero-order valence-corrected chi connectivity index (χ0v) is 33.1. The van der Waals surface area contributed by atoms with Gasteiger partial charge in [0.05, 0.1) is 13.2 Å². The second kappa shape index (κ2) is 29.8. The molecule has 0 aliphatic heterocycles. The van der Waals surface area contributed by atoms with Gasteiger partial charge in [-0.15, -0.1) is 0 Å². The van der Waals surface area contributed by atoms with Crippen LogP contribution in [0.2, 0.25) is 0 Å². The molecule has 0 unspecified atom stereocenters. The second-order valence-electron chi connectivity index (χ2n) is 15.0. The van der Waals surface area contributed by atoms with Gasteiger partial charge in [0.1, 0.15) is 17.2 Å². The molecule has 1 aromatic heterocycles. The van der Waals surface area contributed by atoms with Crippen LogP contribution in [0.1, 0.15) is 194 Å². The lowest BCUT2D eigenvalue weighted by Gasteiger charge is -2.07. The quantitative estimate of drug-likeness (QED) is 0.0581. The Balaban J connectivity index is 1.18. The van der Waals surface area contributed by atoms with E-state index in [9.17, 15) is 0 Å². The summed E-state index contributed by atoms with van der Waals surface area (Å²) >= 11 is 0. The fourth-order valence-electron chi connectivity index (χ4n) is 6.96. The van der Waals surface area contributed by atoms with E-state index in [0.29, 0.717) is 0 Å². The van der Waals surface area contributed by atoms with Crippen LogP contribution in [0.3, 0.4) is 0 Å². The predicted octanol–water partition coefficient (Wildman–Crippen LogP) is 15.7. The molecule has 4 heteroatoms. The van der Waals surface area contributed by atoms with E-state index in [1.54, 1.807) is 0 Å². The molecule has 4 nitrogen and oxygen atoms in total. The van der Waals surface area contributed by atoms with E-state index >= 15 is 0 Å². The number of hydrogen-bond acceptors (Lipinski definition) is 4. The summed E-state index contributed by atoms with van der Waals surface area (Å²) in [6.07, 6.45) is 38.4. The van der Waals surface area contributed by atoms with Crippen molar-refractivity contribution >= 4 is 0 Å². The minimum absolute atomic E-state index is 0.765. The first-order valence-corrected chi connectivity index (χ1v) is 21.7. The standard InChI is InChI=1S/C47H75NO3/c1-3-5-7-9-11-13-15-17-19-21-23-25-27-29-39-49-44-35-31-42(32-36-44)46-41-47(51-48-46)43-33-37-45(38-34-43)50-40-30-28-26-24-22-20-18-16-14-12-10-8-6-4-2/h31-38,41H,3-30,39-40H2,1-2H3. The van der Waals surface area contributed by atoms with Crippen LogP contribution in [-0.4, -0.2) is 18.4 Å². The Morgan fingerprint density at radius 3 is 1.06 bits per heavy atom. The Morgan fingerprint density at radius 1 is 0.392 bits per heavy atom. The fraction of sp³-hybridized carbons (Fsp3) is 0.681. The maximum absolute atomic E-state index is 6.02. The van der Waals surface area contributed by atoms with E-state index in [1.807, 2.05) is 30.3 Å². The molecule has 0 aliphatic rings. The summed E-state index contributed by atoms with van der Waals surface area (Å²) in [6.45, 7) is 6.14. The lowest BCUT2D eigenvalue weighted by atomic mass is 10.0. The van der Waals surface area contributed by atoms with Crippen molar-refractivity contribution in [1.29, 1.82) is 0 Å². The predicted molar refractivity (Wildman–Crippen MR) is 219 cm³/mol. The highest BCUT2D eigenvalue weighted by Crippen LogP contribution is 2.29. The van der Waals surface area contributed by atoms with E-state index in [2.05, 4.69) is 43.3 Å². The zero-order valence-electron chi connectivity index (χ0n) is 33.1. The summed E-state index contributed by atoms with van der Waals surface area (Å²) < 4.78 is 17.7. The van der Waals surface area contributed by atoms with E-state index in [4.69, 9.17) is 14.0 Å². The highest BCUT2D eigenvalue weighted by Gasteiger charge is 2.10. The summed E-state index contributed by atoms with van der Waals surface area (Å²) in [4.78, 5) is 0. The van der Waals surface area contributed by atoms with E-state index in [0.717, 1.165) is 60.1 Å². The van der Waals surface area contributed by atoms with Crippen molar-refractivity contribution in [2.45, 2.75) is 194 Å². The number of unbranched alkanes of at least 4 members (excludes halogenated alkanes) is 26. The van der Waals surface area contributed by atoms with Crippen LogP contribution in [0.25, 0.3) is 22.6 Å². The summed E-state index contributed by atoms with van der Waals surface area (Å²) in [7, 11) is 0. The lowest BCUT2D eigenvalue weighted by molar-refractivity contribution is 0.304. The number of ether oxygens (including phenoxy) is 2. The minimum Gasteiger partial charge on any atom is -0.494 e. The third-order valence-electron chi connectivity index (χ3n) is 10.3. The van der Waals surface area contributed by atoms with Gasteiger partial charge >= 0.3 is 0 Å². The molecule has 0 atom stereocenters. The molecule has 0 amide bonds. The third kappa shape index (κ3) is 20.8. The molecule has 0 saturated carbocycles. The molecule has 1 heterocycles. The van der Waals surface area contributed by atoms with Crippen molar-refractivity contribution in [3.63, 3.8) is 0 Å². The maximum Gasteiger partial charge on any atom is 0.167 e. The Bertz CT molecular complexity index is 1090. The smallest absolute Gasteiger partial charge is 0.167 e. The Morgan fingerprint density at radius 2 is 0.706 bits per heavy atom. The Labute approximate surface area is 313 Å². The number of nitrogens with zero attached hydrogens (tertiary/aromatic N) is 1. The number of rotatable bonds is 34. The van der Waals surface area contributed by atoms with Crippen LogP contribution < -0.4 is 9.47 Å². The molecule has 0 bridgehead atoms. The third-order valence-corrected chi connectivity index (χ3v) is 10.3. The molecular weight excluding hydrogens is 627 g/mol. The molecule has 51 heavy (non-hydrogen) atoms. The molecule has 0 fully saturated rings. The molecular formula is C47H75NO3. The van der Waals surface area contributed by atoms with Gasteiger partial charge in [-0.05, 0) is 61.4 Å².